The third-order valence-electron chi connectivity index (χ3n) is 2.58. The summed E-state index contributed by atoms with van der Waals surface area (Å²) in [7, 11) is 0. The zero-order chi connectivity index (χ0) is 11.5. The number of aryl methyl sites for hydroxylation is 1. The molecule has 0 unspecified atom stereocenters. The van der Waals surface area contributed by atoms with Gasteiger partial charge in [0.25, 0.3) is 0 Å². The average molecular weight is 216 g/mol. The third-order valence-corrected chi connectivity index (χ3v) is 2.58. The van der Waals surface area contributed by atoms with E-state index in [-0.39, 0.29) is 0 Å². The largest absolute Gasteiger partial charge is 0.339 e. The molecule has 1 heterocycles. The lowest BCUT2D eigenvalue weighted by atomic mass is 10.0. The number of hydrogen-bond donors (Lipinski definition) is 0. The molecule has 0 N–H and O–H groups in total. The Morgan fingerprint density at radius 1 is 1.31 bits per heavy atom. The van der Waals surface area contributed by atoms with Crippen molar-refractivity contribution in [2.45, 2.75) is 33.1 Å². The van der Waals surface area contributed by atoms with Crippen LogP contribution in [0, 0.1) is 0 Å². The van der Waals surface area contributed by atoms with E-state index in [1.54, 1.807) is 0 Å². The van der Waals surface area contributed by atoms with Crippen molar-refractivity contribution in [1.82, 2.24) is 10.1 Å². The Balaban J connectivity index is 2.36. The molecule has 3 nitrogen and oxygen atoms in total. The average Bonchev–Trinajstić information content (AvgIpc) is 2.77. The molecule has 0 radical (unpaired) electrons. The van der Waals surface area contributed by atoms with Crippen molar-refractivity contribution < 1.29 is 4.52 Å². The van der Waals surface area contributed by atoms with E-state index in [4.69, 9.17) is 4.52 Å². The van der Waals surface area contributed by atoms with Crippen LogP contribution in [0.1, 0.15) is 38.1 Å². The number of nitrogens with zero attached hydrogens (tertiary/aromatic N) is 2. The molecule has 0 amide bonds. The summed E-state index contributed by atoms with van der Waals surface area (Å²) in [5.41, 5.74) is 2.31. The van der Waals surface area contributed by atoms with E-state index in [1.165, 1.54) is 5.56 Å². The van der Waals surface area contributed by atoms with Gasteiger partial charge in [-0.1, -0.05) is 44.1 Å². The van der Waals surface area contributed by atoms with E-state index >= 15 is 0 Å². The minimum absolute atomic E-state index is 0.512. The number of hydrogen-bond acceptors (Lipinski definition) is 3. The van der Waals surface area contributed by atoms with Gasteiger partial charge in [0.15, 0.2) is 0 Å². The first kappa shape index (κ1) is 10.9. The van der Waals surface area contributed by atoms with Crippen molar-refractivity contribution in [3.05, 3.63) is 35.7 Å². The summed E-state index contributed by atoms with van der Waals surface area (Å²) in [4.78, 5) is 4.32. The Bertz CT molecular complexity index is 474. The third kappa shape index (κ3) is 2.13. The number of benzene rings is 1. The maximum atomic E-state index is 5.11. The molecule has 16 heavy (non-hydrogen) atoms. The predicted molar refractivity (Wildman–Crippen MR) is 63.2 cm³/mol. The minimum atomic E-state index is 0.512. The summed E-state index contributed by atoms with van der Waals surface area (Å²) in [5, 5.41) is 3.97. The van der Waals surface area contributed by atoms with Gasteiger partial charge < -0.3 is 4.52 Å². The lowest BCUT2D eigenvalue weighted by Gasteiger charge is -2.05. The highest BCUT2D eigenvalue weighted by Gasteiger charge is 2.08. The molecule has 2 rings (SSSR count). The van der Waals surface area contributed by atoms with Gasteiger partial charge in [-0.2, -0.15) is 4.98 Å². The first-order valence-electron chi connectivity index (χ1n) is 5.63. The zero-order valence-corrected chi connectivity index (χ0v) is 9.90. The van der Waals surface area contributed by atoms with Crippen molar-refractivity contribution >= 4 is 0 Å². The van der Waals surface area contributed by atoms with Gasteiger partial charge in [0.05, 0.1) is 0 Å². The van der Waals surface area contributed by atoms with E-state index in [9.17, 15) is 0 Å². The highest BCUT2D eigenvalue weighted by molar-refractivity contribution is 5.55. The normalized spacial score (nSPS) is 11.0. The molecule has 0 aliphatic heterocycles. The van der Waals surface area contributed by atoms with E-state index < -0.39 is 0 Å². The first-order valence-corrected chi connectivity index (χ1v) is 5.63. The Labute approximate surface area is 95.5 Å². The van der Waals surface area contributed by atoms with Crippen molar-refractivity contribution in [2.75, 3.05) is 0 Å². The lowest BCUT2D eigenvalue weighted by molar-refractivity contribution is 0.383. The molecule has 1 aromatic carbocycles. The van der Waals surface area contributed by atoms with E-state index in [0.29, 0.717) is 17.6 Å². The highest BCUT2D eigenvalue weighted by atomic mass is 16.5. The van der Waals surface area contributed by atoms with Gasteiger partial charge in [0.2, 0.25) is 11.7 Å². The van der Waals surface area contributed by atoms with Crippen molar-refractivity contribution in [1.29, 1.82) is 0 Å². The maximum Gasteiger partial charge on any atom is 0.226 e. The monoisotopic (exact) mass is 216 g/mol. The summed E-state index contributed by atoms with van der Waals surface area (Å²) >= 11 is 0. The molecule has 2 aromatic rings. The molecule has 0 saturated heterocycles. The van der Waals surface area contributed by atoms with E-state index in [0.717, 1.165) is 12.0 Å². The molecule has 1 aromatic heterocycles. The quantitative estimate of drug-likeness (QED) is 0.789. The van der Waals surface area contributed by atoms with Crippen LogP contribution < -0.4 is 0 Å². The standard InChI is InChI=1S/C13H16N2O/c1-4-12-14-13(15-16-12)11-7-5-6-10(8-11)9(2)3/h5-9H,4H2,1-3H3. The first-order chi connectivity index (χ1) is 7.70. The second-order valence-corrected chi connectivity index (χ2v) is 4.15. The molecular formula is C13H16N2O. The summed E-state index contributed by atoms with van der Waals surface area (Å²) < 4.78 is 5.11. The molecule has 0 fully saturated rings. The molecule has 3 heteroatoms. The maximum absolute atomic E-state index is 5.11. The fourth-order valence-corrected chi connectivity index (χ4v) is 1.55. The Morgan fingerprint density at radius 3 is 2.75 bits per heavy atom. The number of rotatable bonds is 3. The SMILES string of the molecule is CCc1nc(-c2cccc(C(C)C)c2)no1. The van der Waals surface area contributed by atoms with Crippen LogP contribution in [-0.4, -0.2) is 10.1 Å². The second kappa shape index (κ2) is 4.47. The molecule has 0 bridgehead atoms. The van der Waals surface area contributed by atoms with Gasteiger partial charge in [-0.25, -0.2) is 0 Å². The number of aromatic nitrogens is 2. The van der Waals surface area contributed by atoms with Crippen LogP contribution in [0.25, 0.3) is 11.4 Å². The fraction of sp³-hybridized carbons (Fsp3) is 0.385. The van der Waals surface area contributed by atoms with E-state index in [1.807, 2.05) is 19.1 Å². The Kier molecular flexibility index (Phi) is 3.04. The van der Waals surface area contributed by atoms with Crippen LogP contribution in [0.4, 0.5) is 0 Å². The smallest absolute Gasteiger partial charge is 0.226 e. The molecule has 0 saturated carbocycles. The molecule has 84 valence electrons. The molecular weight excluding hydrogens is 200 g/mol. The Hall–Kier alpha value is -1.64. The zero-order valence-electron chi connectivity index (χ0n) is 9.90. The topological polar surface area (TPSA) is 38.9 Å². The highest BCUT2D eigenvalue weighted by Crippen LogP contribution is 2.21. The summed E-state index contributed by atoms with van der Waals surface area (Å²) in [6, 6.07) is 8.28. The lowest BCUT2D eigenvalue weighted by Crippen LogP contribution is -1.89. The predicted octanol–water partition coefficient (Wildman–Crippen LogP) is 3.42. The van der Waals surface area contributed by atoms with Gasteiger partial charge in [-0.15, -0.1) is 0 Å². The summed E-state index contributed by atoms with van der Waals surface area (Å²) in [5.74, 6) is 1.88. The second-order valence-electron chi connectivity index (χ2n) is 4.15. The minimum Gasteiger partial charge on any atom is -0.339 e. The summed E-state index contributed by atoms with van der Waals surface area (Å²) in [6.45, 7) is 6.35. The van der Waals surface area contributed by atoms with Gasteiger partial charge in [-0.3, -0.25) is 0 Å². The van der Waals surface area contributed by atoms with Crippen molar-refractivity contribution in [2.24, 2.45) is 0 Å². The van der Waals surface area contributed by atoms with E-state index in [2.05, 4.69) is 36.1 Å². The van der Waals surface area contributed by atoms with Gasteiger partial charge in [0, 0.05) is 12.0 Å². The van der Waals surface area contributed by atoms with Crippen LogP contribution in [0.2, 0.25) is 0 Å². The van der Waals surface area contributed by atoms with Gasteiger partial charge >= 0.3 is 0 Å². The van der Waals surface area contributed by atoms with Gasteiger partial charge in [-0.05, 0) is 17.5 Å². The van der Waals surface area contributed by atoms with Crippen LogP contribution in [0.15, 0.2) is 28.8 Å². The molecule has 0 spiro atoms. The summed E-state index contributed by atoms with van der Waals surface area (Å²) in [6.07, 6.45) is 0.775. The molecule has 0 aliphatic carbocycles. The van der Waals surface area contributed by atoms with Crippen molar-refractivity contribution in [3.8, 4) is 11.4 Å². The molecule has 0 atom stereocenters. The van der Waals surface area contributed by atoms with Crippen LogP contribution in [-0.2, 0) is 6.42 Å². The van der Waals surface area contributed by atoms with Crippen LogP contribution in [0.5, 0.6) is 0 Å². The van der Waals surface area contributed by atoms with Crippen LogP contribution in [0.3, 0.4) is 0 Å². The van der Waals surface area contributed by atoms with Crippen LogP contribution >= 0.6 is 0 Å². The fourth-order valence-electron chi connectivity index (χ4n) is 1.55. The Morgan fingerprint density at radius 2 is 2.12 bits per heavy atom. The molecule has 0 aliphatic rings. The van der Waals surface area contributed by atoms with Gasteiger partial charge in [0.1, 0.15) is 0 Å². The van der Waals surface area contributed by atoms with Crippen molar-refractivity contribution in [3.63, 3.8) is 0 Å².